The van der Waals surface area contributed by atoms with E-state index in [2.05, 4.69) is 109 Å². The summed E-state index contributed by atoms with van der Waals surface area (Å²) in [5.41, 5.74) is 1.94. The van der Waals surface area contributed by atoms with Gasteiger partial charge in [-0.1, -0.05) is 174 Å². The molecule has 2 N–H and O–H groups in total. The summed E-state index contributed by atoms with van der Waals surface area (Å²) in [7, 11) is 0. The summed E-state index contributed by atoms with van der Waals surface area (Å²) in [5.74, 6) is 8.24. The molecule has 8 saturated carbocycles. The maximum absolute atomic E-state index is 12.6. The van der Waals surface area contributed by atoms with Gasteiger partial charge in [0.1, 0.15) is 5.78 Å². The summed E-state index contributed by atoms with van der Waals surface area (Å²) in [4.78, 5) is 25.0. The van der Waals surface area contributed by atoms with E-state index in [0.717, 1.165) is 88.4 Å². The molecular formula is C61H102O5Y6-4. The average molecular weight is 1450 g/mol. The van der Waals surface area contributed by atoms with Crippen molar-refractivity contribution >= 4 is 11.8 Å². The Balaban J connectivity index is 0.000000665. The average Bonchev–Trinajstić information content (AvgIpc) is 3.83. The fraction of sp³-hybridized carbons (Fsp3) is 0.902. The number of fused-ring (bicyclic) bond motifs is 10. The van der Waals surface area contributed by atoms with Crippen molar-refractivity contribution in [3.8, 4) is 0 Å². The Kier molecular flexibility index (Phi) is 33.3. The molecule has 8 aliphatic carbocycles. The van der Waals surface area contributed by atoms with Gasteiger partial charge in [-0.25, -0.2) is 0 Å². The minimum atomic E-state index is -0.0944. The molecule has 5 nitrogen and oxygen atoms in total. The number of ketones is 1. The Morgan fingerprint density at radius 2 is 1.00 bits per heavy atom. The summed E-state index contributed by atoms with van der Waals surface area (Å²) in [6.45, 7) is 29.5. The maximum Gasteiger partial charge on any atom is 0.305 e. The summed E-state index contributed by atoms with van der Waals surface area (Å²) in [6.07, 6.45) is 34.6. The second-order valence-electron chi connectivity index (χ2n) is 26.7. The Hall–Kier alpha value is 5.68. The standard InChI is InChI=1S/C31H52O2.C30H50O3.6Y/c1-7-22(8-2)19-24(32)11-9-21(3)26-13-14-27-28-12-10-23-20-25(33)15-16-30(23,5)31(28,6)18-17-29(26,27)4;1-7-20(2)19-33-27(32)13-8-21(3)24-11-12-25-26-10-9-22-18-23(31)14-15-29(22,5)30(26,6)17-16-28(24,25)4;;;;;;/h12,17,21-23,25-28,33H,7-11,13-16,18-20H2,1-6H3;10,16,20-26,31H,7-9,11-15,17-19H2,1-6H3;;;;;;/q2*-2;;;;;;/t21-,23?,25-,26-,27+,28?,29-,30+,31+;20?,21-,22?,23-,24-,25+,26?,28-,29+,30+;;;;;;/m11....../s1. The van der Waals surface area contributed by atoms with Gasteiger partial charge in [0.05, 0.1) is 18.8 Å². The summed E-state index contributed by atoms with van der Waals surface area (Å²) in [6, 6.07) is 0. The number of aliphatic hydroxyl groups is 2. The zero-order valence-corrected chi connectivity index (χ0v) is 65.3. The first kappa shape index (κ1) is 75.7. The number of hydrogen-bond acceptors (Lipinski definition) is 5. The second-order valence-corrected chi connectivity index (χ2v) is 26.7. The molecule has 11 heteroatoms. The quantitative estimate of drug-likeness (QED) is 0.126. The third-order valence-corrected chi connectivity index (χ3v) is 23.9. The molecule has 72 heavy (non-hydrogen) atoms. The molecule has 0 saturated heterocycles. The predicted molar refractivity (Wildman–Crippen MR) is 271 cm³/mol. The fourth-order valence-corrected chi connectivity index (χ4v) is 18.3. The molecule has 0 spiro atoms. The molecule has 0 aromatic heterocycles. The van der Waals surface area contributed by atoms with E-state index in [9.17, 15) is 19.8 Å². The third kappa shape index (κ3) is 15.2. The number of Topliss-reactive ketones (excluding diaryl/α,β-unsaturated/α-hetero) is 1. The first-order chi connectivity index (χ1) is 31.1. The van der Waals surface area contributed by atoms with Gasteiger partial charge in [0.15, 0.2) is 0 Å². The number of carbonyl (C=O) groups excluding carboxylic acids is 2. The fourth-order valence-electron chi connectivity index (χ4n) is 18.3. The molecule has 0 bridgehead atoms. The smallest absolute Gasteiger partial charge is 0.305 e. The van der Waals surface area contributed by atoms with Crippen molar-refractivity contribution in [1.29, 1.82) is 0 Å². The summed E-state index contributed by atoms with van der Waals surface area (Å²) < 4.78 is 5.52. The Bertz CT molecular complexity index is 1670. The SMILES string of the molecule is CCC(C)COC(=O)CC[C@@H](C)[C@H]1CC[C@H]2C3[CH-]CC4C[C@H](O)CC[C@]4(C)[C@@]3(C)C[CH-][C@]12C.CCC(CC)CC(=O)CC[C@@H](C)[C@H]1CC[C@H]2C3[CH-]CC4C[C@H](O)CC[C@]4(C)[C@@]3(C)C[CH-][C@]12C.[Y].[Y].[Y].[Y].[Y].[Y]. The van der Waals surface area contributed by atoms with Crippen LogP contribution in [-0.4, -0.2) is 40.8 Å². The minimum Gasteiger partial charge on any atom is -0.465 e. The van der Waals surface area contributed by atoms with Crippen LogP contribution in [0.1, 0.15) is 224 Å². The Labute approximate surface area is 595 Å². The molecule has 0 heterocycles. The van der Waals surface area contributed by atoms with Gasteiger partial charge in [0.25, 0.3) is 0 Å². The van der Waals surface area contributed by atoms with Gasteiger partial charge in [0.2, 0.25) is 0 Å². The third-order valence-electron chi connectivity index (χ3n) is 23.9. The number of hydrogen-bond donors (Lipinski definition) is 2. The molecule has 5 unspecified atom stereocenters. The number of rotatable bonds is 15. The van der Waals surface area contributed by atoms with Gasteiger partial charge < -0.3 is 40.6 Å². The van der Waals surface area contributed by atoms with Crippen molar-refractivity contribution in [3.63, 3.8) is 0 Å². The zero-order valence-electron chi connectivity index (χ0n) is 48.2. The molecule has 0 aliphatic heterocycles. The Morgan fingerprint density at radius 3 is 1.40 bits per heavy atom. The van der Waals surface area contributed by atoms with Gasteiger partial charge in [0, 0.05) is 216 Å². The predicted octanol–water partition coefficient (Wildman–Crippen LogP) is 14.9. The van der Waals surface area contributed by atoms with Gasteiger partial charge in [-0.3, -0.25) is 9.59 Å². The van der Waals surface area contributed by atoms with Crippen LogP contribution < -0.4 is 0 Å². The number of ether oxygens (including phenoxy) is 1. The van der Waals surface area contributed by atoms with E-state index in [0.29, 0.717) is 99.1 Å². The van der Waals surface area contributed by atoms with E-state index in [4.69, 9.17) is 4.74 Å². The van der Waals surface area contributed by atoms with Crippen LogP contribution in [0.3, 0.4) is 0 Å². The van der Waals surface area contributed by atoms with Crippen LogP contribution >= 0.6 is 0 Å². The summed E-state index contributed by atoms with van der Waals surface area (Å²) >= 11 is 0. The number of aliphatic hydroxyl groups excluding tert-OH is 2. The monoisotopic (exact) mass is 1450 g/mol. The van der Waals surface area contributed by atoms with Crippen LogP contribution in [0.25, 0.3) is 0 Å². The first-order valence-electron chi connectivity index (χ1n) is 28.5. The molecule has 8 aliphatic rings. The summed E-state index contributed by atoms with van der Waals surface area (Å²) in [5, 5.41) is 20.7. The topological polar surface area (TPSA) is 83.8 Å². The van der Waals surface area contributed by atoms with Crippen LogP contribution in [0.4, 0.5) is 0 Å². The van der Waals surface area contributed by atoms with Crippen LogP contribution in [0, 0.1) is 129 Å². The molecular weight excluding hydrogens is 1350 g/mol. The van der Waals surface area contributed by atoms with Crippen LogP contribution in [-0.2, 0) is 211 Å². The van der Waals surface area contributed by atoms with Crippen LogP contribution in [0.15, 0.2) is 0 Å². The second kappa shape index (κ2) is 31.7. The van der Waals surface area contributed by atoms with Crippen molar-refractivity contribution in [3.05, 3.63) is 25.7 Å². The van der Waals surface area contributed by atoms with Crippen molar-refractivity contribution in [2.45, 2.75) is 237 Å². The number of carbonyl (C=O) groups is 2. The van der Waals surface area contributed by atoms with Crippen molar-refractivity contribution < 1.29 is 221 Å². The van der Waals surface area contributed by atoms with E-state index in [-0.39, 0.29) is 220 Å². The molecule has 0 aromatic rings. The van der Waals surface area contributed by atoms with Gasteiger partial charge in [-0.2, -0.15) is 48.3 Å². The molecule has 0 amide bonds. The molecule has 0 aromatic carbocycles. The van der Waals surface area contributed by atoms with Gasteiger partial charge in [-0.15, -0.1) is 0 Å². The largest absolute Gasteiger partial charge is 0.465 e. The van der Waals surface area contributed by atoms with Crippen molar-refractivity contribution in [2.24, 2.45) is 104 Å². The molecule has 8 rings (SSSR count). The molecule has 6 radical (unpaired) electrons. The maximum atomic E-state index is 12.6. The normalized spacial score (nSPS) is 42.4. The van der Waals surface area contributed by atoms with E-state index >= 15 is 0 Å². The van der Waals surface area contributed by atoms with E-state index in [1.807, 2.05) is 0 Å². The molecule has 8 fully saturated rings. The zero-order chi connectivity index (χ0) is 48.0. The Morgan fingerprint density at radius 1 is 0.583 bits per heavy atom. The van der Waals surface area contributed by atoms with E-state index in [1.165, 1.54) is 64.2 Å². The van der Waals surface area contributed by atoms with E-state index in [1.54, 1.807) is 0 Å². The van der Waals surface area contributed by atoms with Gasteiger partial charge >= 0.3 is 5.97 Å². The van der Waals surface area contributed by atoms with Crippen LogP contribution in [0.5, 0.6) is 0 Å². The number of esters is 1. The van der Waals surface area contributed by atoms with Gasteiger partial charge in [-0.05, 0) is 85.9 Å². The minimum absolute atomic E-state index is 0. The first-order valence-corrected chi connectivity index (χ1v) is 28.5. The molecule has 398 valence electrons. The van der Waals surface area contributed by atoms with Crippen molar-refractivity contribution in [2.75, 3.05) is 6.61 Å². The van der Waals surface area contributed by atoms with Crippen molar-refractivity contribution in [1.82, 2.24) is 0 Å². The van der Waals surface area contributed by atoms with Crippen LogP contribution in [0.2, 0.25) is 0 Å². The van der Waals surface area contributed by atoms with E-state index < -0.39 is 0 Å². The molecule has 19 atom stereocenters.